The lowest BCUT2D eigenvalue weighted by molar-refractivity contribution is -0.120. The molecule has 0 bridgehead atoms. The number of hydrazine groups is 1. The monoisotopic (exact) mass is 380 g/mol. The number of carbonyl (C=O) groups excluding carboxylic acids is 2. The fourth-order valence-corrected chi connectivity index (χ4v) is 3.53. The van der Waals surface area contributed by atoms with Gasteiger partial charge in [0.15, 0.2) is 0 Å². The van der Waals surface area contributed by atoms with Crippen LogP contribution < -0.4 is 25.8 Å². The van der Waals surface area contributed by atoms with E-state index in [9.17, 15) is 9.59 Å². The molecule has 0 aromatic heterocycles. The van der Waals surface area contributed by atoms with Crippen molar-refractivity contribution in [1.29, 1.82) is 0 Å². The Morgan fingerprint density at radius 1 is 0.964 bits per heavy atom. The summed E-state index contributed by atoms with van der Waals surface area (Å²) in [5.41, 5.74) is 8.85. The molecule has 7 nitrogen and oxygen atoms in total. The molecule has 0 atom stereocenters. The Kier molecular flexibility index (Phi) is 5.32. The van der Waals surface area contributed by atoms with Crippen molar-refractivity contribution in [2.45, 2.75) is 38.2 Å². The fourth-order valence-electron chi connectivity index (χ4n) is 3.53. The lowest BCUT2D eigenvalue weighted by atomic mass is 10.2. The summed E-state index contributed by atoms with van der Waals surface area (Å²) in [5.74, 6) is 0.641. The first-order valence-corrected chi connectivity index (χ1v) is 9.67. The highest BCUT2D eigenvalue weighted by Crippen LogP contribution is 2.26. The molecule has 4 rings (SSSR count). The van der Waals surface area contributed by atoms with Crippen LogP contribution in [0.2, 0.25) is 0 Å². The molecule has 1 aliphatic carbocycles. The molecular weight excluding hydrogens is 356 g/mol. The molecule has 2 aromatic carbocycles. The summed E-state index contributed by atoms with van der Waals surface area (Å²) in [6, 6.07) is 15.0. The van der Waals surface area contributed by atoms with E-state index < -0.39 is 0 Å². The highest BCUT2D eigenvalue weighted by molar-refractivity contribution is 6.05. The maximum atomic E-state index is 11.9. The van der Waals surface area contributed by atoms with Gasteiger partial charge in [0.05, 0.1) is 17.5 Å². The van der Waals surface area contributed by atoms with E-state index in [1.54, 1.807) is 4.90 Å². The molecule has 1 heterocycles. The van der Waals surface area contributed by atoms with E-state index >= 15 is 0 Å². The molecule has 3 amide bonds. The quantitative estimate of drug-likeness (QED) is 0.662. The second kappa shape index (κ2) is 8.21. The third-order valence-electron chi connectivity index (χ3n) is 5.02. The third kappa shape index (κ3) is 4.36. The number of benzene rings is 2. The summed E-state index contributed by atoms with van der Waals surface area (Å²) in [6.07, 6.45) is 5.40. The van der Waals surface area contributed by atoms with Gasteiger partial charge in [0.25, 0.3) is 0 Å². The lowest BCUT2D eigenvalue weighted by Gasteiger charge is -2.26. The summed E-state index contributed by atoms with van der Waals surface area (Å²) in [7, 11) is 0. The van der Waals surface area contributed by atoms with Gasteiger partial charge in [0, 0.05) is 24.7 Å². The molecule has 2 aromatic rings. The second-order valence-electron chi connectivity index (χ2n) is 7.10. The largest absolute Gasteiger partial charge is 0.490 e. The minimum atomic E-state index is -0.380. The third-order valence-corrected chi connectivity index (χ3v) is 5.02. The van der Waals surface area contributed by atoms with Gasteiger partial charge < -0.3 is 15.6 Å². The maximum Gasteiger partial charge on any atom is 0.328 e. The number of rotatable bonds is 6. The molecule has 0 spiro atoms. The smallest absolute Gasteiger partial charge is 0.328 e. The van der Waals surface area contributed by atoms with Crippen LogP contribution in [0.15, 0.2) is 48.5 Å². The molecule has 2 fully saturated rings. The van der Waals surface area contributed by atoms with Gasteiger partial charge in [-0.2, -0.15) is 0 Å². The van der Waals surface area contributed by atoms with Crippen LogP contribution in [0.3, 0.4) is 0 Å². The first kappa shape index (κ1) is 18.2. The second-order valence-corrected chi connectivity index (χ2v) is 7.10. The van der Waals surface area contributed by atoms with Crippen molar-refractivity contribution in [2.24, 2.45) is 0 Å². The summed E-state index contributed by atoms with van der Waals surface area (Å²) < 4.78 is 6.03. The van der Waals surface area contributed by atoms with Gasteiger partial charge in [-0.25, -0.2) is 4.79 Å². The van der Waals surface area contributed by atoms with Crippen molar-refractivity contribution < 1.29 is 14.3 Å². The minimum absolute atomic E-state index is 0.233. The van der Waals surface area contributed by atoms with Crippen LogP contribution in [-0.4, -0.2) is 24.6 Å². The van der Waals surface area contributed by atoms with Gasteiger partial charge in [-0.15, -0.1) is 0 Å². The molecule has 1 saturated carbocycles. The summed E-state index contributed by atoms with van der Waals surface area (Å²) >= 11 is 0. The van der Waals surface area contributed by atoms with E-state index in [4.69, 9.17) is 4.74 Å². The zero-order valence-electron chi connectivity index (χ0n) is 15.6. The Hall–Kier alpha value is -3.22. The van der Waals surface area contributed by atoms with Crippen molar-refractivity contribution in [2.75, 3.05) is 22.3 Å². The Balaban J connectivity index is 1.33. The number of anilines is 3. The van der Waals surface area contributed by atoms with Gasteiger partial charge in [-0.05, 0) is 62.1 Å². The predicted octanol–water partition coefficient (Wildman–Crippen LogP) is 3.89. The highest BCUT2D eigenvalue weighted by atomic mass is 16.5. The van der Waals surface area contributed by atoms with Gasteiger partial charge >= 0.3 is 6.03 Å². The van der Waals surface area contributed by atoms with E-state index in [2.05, 4.69) is 16.2 Å². The molecule has 7 heteroatoms. The standard InChI is InChI=1S/C21H24N4O3/c26-20-12-13-25(21(27)22-20)17-10-8-15(9-11-17)23-24-16-4-3-7-19(14-16)28-18-5-1-2-6-18/h3-4,7-11,14,18,23-24H,1-2,5-6,12-13H2,(H,22,26,27). The maximum absolute atomic E-state index is 11.9. The molecule has 1 saturated heterocycles. The number of hydrogen-bond acceptors (Lipinski definition) is 5. The molecular formula is C21H24N4O3. The first-order valence-electron chi connectivity index (χ1n) is 9.67. The molecule has 146 valence electrons. The lowest BCUT2D eigenvalue weighted by Crippen LogP contribution is -2.49. The number of ether oxygens (including phenoxy) is 1. The Bertz CT molecular complexity index is 847. The normalized spacial score (nSPS) is 17.4. The van der Waals surface area contributed by atoms with Crippen LogP contribution in [0, 0.1) is 0 Å². The average molecular weight is 380 g/mol. The number of nitrogens with zero attached hydrogens (tertiary/aromatic N) is 1. The fraction of sp³-hybridized carbons (Fsp3) is 0.333. The van der Waals surface area contributed by atoms with Crippen LogP contribution >= 0.6 is 0 Å². The van der Waals surface area contributed by atoms with E-state index in [1.807, 2.05) is 48.5 Å². The Labute approximate surface area is 164 Å². The number of imide groups is 1. The molecule has 3 N–H and O–H groups in total. The molecule has 1 aliphatic heterocycles. The molecule has 0 radical (unpaired) electrons. The first-order chi connectivity index (χ1) is 13.7. The van der Waals surface area contributed by atoms with Crippen molar-refractivity contribution >= 4 is 29.0 Å². The minimum Gasteiger partial charge on any atom is -0.490 e. The van der Waals surface area contributed by atoms with Crippen molar-refractivity contribution in [3.8, 4) is 5.75 Å². The van der Waals surface area contributed by atoms with Crippen LogP contribution in [0.4, 0.5) is 21.9 Å². The zero-order chi connectivity index (χ0) is 19.3. The molecule has 2 aliphatic rings. The SMILES string of the molecule is O=C1CCN(c2ccc(NNc3cccc(OC4CCCC4)c3)cc2)C(=O)N1. The number of hydrogen-bond donors (Lipinski definition) is 3. The summed E-state index contributed by atoms with van der Waals surface area (Å²) in [4.78, 5) is 24.7. The van der Waals surface area contributed by atoms with E-state index in [-0.39, 0.29) is 11.9 Å². The van der Waals surface area contributed by atoms with Crippen molar-refractivity contribution in [1.82, 2.24) is 5.32 Å². The van der Waals surface area contributed by atoms with Crippen LogP contribution in [0.5, 0.6) is 5.75 Å². The molecule has 28 heavy (non-hydrogen) atoms. The Morgan fingerprint density at radius 2 is 1.71 bits per heavy atom. The highest BCUT2D eigenvalue weighted by Gasteiger charge is 2.23. The van der Waals surface area contributed by atoms with Gasteiger partial charge in [0.2, 0.25) is 5.91 Å². The average Bonchev–Trinajstić information content (AvgIpc) is 3.20. The number of carbonyl (C=O) groups is 2. The van der Waals surface area contributed by atoms with Crippen LogP contribution in [0.1, 0.15) is 32.1 Å². The van der Waals surface area contributed by atoms with Gasteiger partial charge in [0.1, 0.15) is 5.75 Å². The number of urea groups is 1. The summed E-state index contributed by atoms with van der Waals surface area (Å²) in [6.45, 7) is 0.392. The van der Waals surface area contributed by atoms with Crippen molar-refractivity contribution in [3.05, 3.63) is 48.5 Å². The topological polar surface area (TPSA) is 82.7 Å². The van der Waals surface area contributed by atoms with Crippen LogP contribution in [0.25, 0.3) is 0 Å². The molecule has 0 unspecified atom stereocenters. The van der Waals surface area contributed by atoms with Gasteiger partial charge in [-0.1, -0.05) is 6.07 Å². The van der Waals surface area contributed by atoms with E-state index in [0.717, 1.165) is 35.7 Å². The number of amides is 3. The van der Waals surface area contributed by atoms with Crippen LogP contribution in [-0.2, 0) is 4.79 Å². The van der Waals surface area contributed by atoms with Gasteiger partial charge in [-0.3, -0.25) is 15.0 Å². The number of nitrogens with one attached hydrogen (secondary N) is 3. The predicted molar refractivity (Wildman–Crippen MR) is 109 cm³/mol. The summed E-state index contributed by atoms with van der Waals surface area (Å²) in [5, 5.41) is 2.33. The van der Waals surface area contributed by atoms with E-state index in [1.165, 1.54) is 12.8 Å². The van der Waals surface area contributed by atoms with E-state index in [0.29, 0.717) is 19.1 Å². The van der Waals surface area contributed by atoms with Crippen molar-refractivity contribution in [3.63, 3.8) is 0 Å². The Morgan fingerprint density at radius 3 is 2.46 bits per heavy atom. The zero-order valence-corrected chi connectivity index (χ0v) is 15.6.